The van der Waals surface area contributed by atoms with Crippen molar-refractivity contribution in [3.05, 3.63) is 78.9 Å². The lowest BCUT2D eigenvalue weighted by atomic mass is 10.0. The molecule has 0 saturated carbocycles. The molecule has 33 heavy (non-hydrogen) atoms. The van der Waals surface area contributed by atoms with Crippen LogP contribution in [0.15, 0.2) is 73.3 Å². The van der Waals surface area contributed by atoms with E-state index in [1.807, 2.05) is 61.6 Å². The number of carbonyl (C=O) groups excluding carboxylic acids is 2. The monoisotopic (exact) mass is 440 g/mol. The Morgan fingerprint density at radius 1 is 1.09 bits per heavy atom. The summed E-state index contributed by atoms with van der Waals surface area (Å²) in [6.07, 6.45) is 10.1. The summed E-state index contributed by atoms with van der Waals surface area (Å²) in [5, 5.41) is 3.78. The van der Waals surface area contributed by atoms with Crippen LogP contribution in [0.1, 0.15) is 10.4 Å². The van der Waals surface area contributed by atoms with Crippen molar-refractivity contribution in [3.8, 4) is 22.3 Å². The Morgan fingerprint density at radius 3 is 2.73 bits per heavy atom. The number of fused-ring (bicyclic) bond motifs is 1. The van der Waals surface area contributed by atoms with Crippen molar-refractivity contribution in [3.63, 3.8) is 0 Å². The van der Waals surface area contributed by atoms with Crippen LogP contribution in [0.2, 0.25) is 0 Å². The number of nitrogens with two attached hydrogens (primary N) is 1. The second-order valence-corrected chi connectivity index (χ2v) is 7.88. The van der Waals surface area contributed by atoms with Crippen molar-refractivity contribution < 1.29 is 9.59 Å². The van der Waals surface area contributed by atoms with E-state index in [2.05, 4.69) is 20.3 Å². The first kappa shape index (κ1) is 21.9. The third-order valence-corrected chi connectivity index (χ3v) is 5.07. The molecule has 0 saturated heterocycles. The Morgan fingerprint density at radius 2 is 1.94 bits per heavy atom. The van der Waals surface area contributed by atoms with E-state index in [0.717, 1.165) is 27.6 Å². The van der Waals surface area contributed by atoms with E-state index < -0.39 is 5.91 Å². The molecular formula is C25H24N6O2. The van der Waals surface area contributed by atoms with Gasteiger partial charge in [-0.15, -0.1) is 0 Å². The van der Waals surface area contributed by atoms with Gasteiger partial charge in [0.2, 0.25) is 11.8 Å². The van der Waals surface area contributed by atoms with Crippen molar-refractivity contribution in [1.82, 2.24) is 19.9 Å². The number of H-pyrrole nitrogens is 1. The summed E-state index contributed by atoms with van der Waals surface area (Å²) in [6, 6.07) is 11.3. The number of aromatic nitrogens is 3. The highest BCUT2D eigenvalue weighted by Crippen LogP contribution is 2.31. The number of aromatic amines is 1. The third-order valence-electron chi connectivity index (χ3n) is 5.07. The van der Waals surface area contributed by atoms with Crippen molar-refractivity contribution >= 4 is 28.5 Å². The number of amides is 2. The Bertz CT molecular complexity index is 1360. The number of hydrogen-bond donors (Lipinski definition) is 3. The van der Waals surface area contributed by atoms with Crippen molar-refractivity contribution in [1.29, 1.82) is 0 Å². The van der Waals surface area contributed by atoms with Crippen LogP contribution >= 0.6 is 0 Å². The van der Waals surface area contributed by atoms with Gasteiger partial charge < -0.3 is 20.9 Å². The second-order valence-electron chi connectivity index (χ2n) is 7.88. The van der Waals surface area contributed by atoms with Crippen LogP contribution in [0, 0.1) is 0 Å². The molecule has 0 spiro atoms. The van der Waals surface area contributed by atoms with E-state index in [4.69, 9.17) is 5.73 Å². The van der Waals surface area contributed by atoms with Crippen LogP contribution in [0.25, 0.3) is 33.3 Å². The molecular weight excluding hydrogens is 416 g/mol. The van der Waals surface area contributed by atoms with E-state index in [-0.39, 0.29) is 5.91 Å². The van der Waals surface area contributed by atoms with Crippen LogP contribution in [-0.2, 0) is 4.79 Å². The molecule has 0 fully saturated rings. The Labute approximate surface area is 191 Å². The second kappa shape index (κ2) is 9.46. The first-order valence-corrected chi connectivity index (χ1v) is 10.4. The number of nitrogens with zero attached hydrogens (tertiary/aromatic N) is 3. The molecule has 0 radical (unpaired) electrons. The molecule has 1 aromatic carbocycles. The molecule has 0 aliphatic rings. The minimum atomic E-state index is -0.529. The summed E-state index contributed by atoms with van der Waals surface area (Å²) in [4.78, 5) is 37.5. The van der Waals surface area contributed by atoms with Gasteiger partial charge in [0.25, 0.3) is 0 Å². The van der Waals surface area contributed by atoms with Crippen LogP contribution in [0.3, 0.4) is 0 Å². The minimum absolute atomic E-state index is 0.183. The highest BCUT2D eigenvalue weighted by Gasteiger charge is 2.12. The number of hydrogen-bond acceptors (Lipinski definition) is 5. The molecule has 2 amide bonds. The summed E-state index contributed by atoms with van der Waals surface area (Å²) >= 11 is 0. The Hall–Kier alpha value is -4.30. The van der Waals surface area contributed by atoms with Gasteiger partial charge in [-0.3, -0.25) is 14.6 Å². The zero-order valence-electron chi connectivity index (χ0n) is 18.4. The molecule has 0 unspecified atom stereocenters. The summed E-state index contributed by atoms with van der Waals surface area (Å²) in [5.41, 5.74) is 10.6. The van der Waals surface area contributed by atoms with Crippen LogP contribution in [0.5, 0.6) is 0 Å². The van der Waals surface area contributed by atoms with E-state index in [1.165, 1.54) is 12.3 Å². The van der Waals surface area contributed by atoms with Gasteiger partial charge in [-0.05, 0) is 43.9 Å². The molecule has 8 heteroatoms. The summed E-state index contributed by atoms with van der Waals surface area (Å²) in [7, 11) is 3.88. The minimum Gasteiger partial charge on any atom is -0.366 e. The van der Waals surface area contributed by atoms with Crippen molar-refractivity contribution in [2.45, 2.75) is 0 Å². The van der Waals surface area contributed by atoms with Crippen LogP contribution < -0.4 is 11.1 Å². The lowest BCUT2D eigenvalue weighted by Crippen LogP contribution is -2.12. The molecule has 8 nitrogen and oxygen atoms in total. The summed E-state index contributed by atoms with van der Waals surface area (Å²) in [6.45, 7) is 0.690. The van der Waals surface area contributed by atoms with Crippen LogP contribution in [-0.4, -0.2) is 52.3 Å². The number of rotatable bonds is 7. The molecule has 4 N–H and O–H groups in total. The van der Waals surface area contributed by atoms with Gasteiger partial charge >= 0.3 is 0 Å². The molecule has 3 aromatic heterocycles. The zero-order valence-corrected chi connectivity index (χ0v) is 18.4. The SMILES string of the molecule is CN(C)CC=CC(=O)Nc1cccc(-c2cnc3[nH]cc(-c4cncc(C(N)=O)c4)c3c2)c1. The maximum atomic E-state index is 12.2. The highest BCUT2D eigenvalue weighted by molar-refractivity contribution is 6.00. The summed E-state index contributed by atoms with van der Waals surface area (Å²) in [5.74, 6) is -0.712. The number of nitrogens with one attached hydrogen (secondary N) is 2. The number of anilines is 1. The molecule has 0 bridgehead atoms. The Kier molecular flexibility index (Phi) is 6.28. The highest BCUT2D eigenvalue weighted by atomic mass is 16.1. The van der Waals surface area contributed by atoms with Gasteiger partial charge in [-0.25, -0.2) is 4.98 Å². The van der Waals surface area contributed by atoms with Gasteiger partial charge in [-0.2, -0.15) is 0 Å². The fourth-order valence-corrected chi connectivity index (χ4v) is 3.45. The van der Waals surface area contributed by atoms with Crippen molar-refractivity contribution in [2.75, 3.05) is 26.0 Å². The normalized spacial score (nSPS) is 11.4. The number of benzene rings is 1. The number of carbonyl (C=O) groups is 2. The van der Waals surface area contributed by atoms with Gasteiger partial charge in [0, 0.05) is 65.2 Å². The van der Waals surface area contributed by atoms with Gasteiger partial charge in [-0.1, -0.05) is 18.2 Å². The standard InChI is InChI=1S/C25H24N6O2/c1-31(2)8-4-7-23(32)30-20-6-3-5-16(10-20)17-11-21-22(15-29-25(21)28-14-17)18-9-19(24(26)33)13-27-12-18/h3-7,9-15H,8H2,1-2H3,(H2,26,33)(H,28,29)(H,30,32). The largest absolute Gasteiger partial charge is 0.366 e. The third kappa shape index (κ3) is 5.13. The maximum absolute atomic E-state index is 12.2. The molecule has 4 aromatic rings. The first-order valence-electron chi connectivity index (χ1n) is 10.4. The smallest absolute Gasteiger partial charge is 0.250 e. The molecule has 3 heterocycles. The van der Waals surface area contributed by atoms with Crippen molar-refractivity contribution in [2.24, 2.45) is 5.73 Å². The molecule has 4 rings (SSSR count). The van der Waals surface area contributed by atoms with Crippen LogP contribution in [0.4, 0.5) is 5.69 Å². The Balaban J connectivity index is 1.63. The van der Waals surface area contributed by atoms with Gasteiger partial charge in [0.15, 0.2) is 0 Å². The number of likely N-dealkylation sites (N-methyl/N-ethyl adjacent to an activating group) is 1. The fraction of sp³-hybridized carbons (Fsp3) is 0.120. The quantitative estimate of drug-likeness (QED) is 0.381. The van der Waals surface area contributed by atoms with E-state index in [0.29, 0.717) is 23.4 Å². The van der Waals surface area contributed by atoms with E-state index in [9.17, 15) is 9.59 Å². The lowest BCUT2D eigenvalue weighted by molar-refractivity contribution is -0.111. The number of pyridine rings is 2. The summed E-state index contributed by atoms with van der Waals surface area (Å²) < 4.78 is 0. The zero-order chi connectivity index (χ0) is 23.4. The van der Waals surface area contributed by atoms with Gasteiger partial charge in [0.05, 0.1) is 5.56 Å². The predicted molar refractivity (Wildman–Crippen MR) is 130 cm³/mol. The average Bonchev–Trinajstić information content (AvgIpc) is 3.22. The maximum Gasteiger partial charge on any atom is 0.250 e. The lowest BCUT2D eigenvalue weighted by Gasteiger charge is -2.08. The molecule has 0 aliphatic carbocycles. The van der Waals surface area contributed by atoms with E-state index in [1.54, 1.807) is 18.5 Å². The molecule has 0 atom stereocenters. The van der Waals surface area contributed by atoms with E-state index >= 15 is 0 Å². The van der Waals surface area contributed by atoms with Gasteiger partial charge in [0.1, 0.15) is 5.65 Å². The number of primary amides is 1. The predicted octanol–water partition coefficient (Wildman–Crippen LogP) is 3.45. The molecule has 0 aliphatic heterocycles. The topological polar surface area (TPSA) is 117 Å². The first-order chi connectivity index (χ1) is 15.9. The fourth-order valence-electron chi connectivity index (χ4n) is 3.45. The average molecular weight is 441 g/mol. The molecule has 166 valence electrons.